The fourth-order valence-electron chi connectivity index (χ4n) is 12.2. The lowest BCUT2D eigenvalue weighted by molar-refractivity contribution is -0.172. The molecule has 9 heterocycles. The molecule has 0 unspecified atom stereocenters. The standard InChI is InChI=1S/C57H66F3N9O7S/c1-32(66-15-19-74-20-16-66)7-8-35-23-41(47(62-28-35)34(3)73-6)50-42-27-56(4,5)31-76-55(72)48-38-24-39(25-38)69(65-48)54(71)49(64-52(70)46-33(2)45(46)36-11-13-61-14-12-36)51(67-17-21-75-22-18-67)53-63-43(29-77-53)37-9-10-44(40(42)26-37)68(50)30-57(58,59)60/h9-14,23,26,28-29,32-34,38-39,45-46,48-49,51,65H,15-22,24-25,27,30-31H2,1-6H3,(H,64,70)/t32-,33+,34+,38?,39?,45+,46-,48+,49+,51+/m1/s1. The average molecular weight is 1080 g/mol. The van der Waals surface area contributed by atoms with E-state index in [9.17, 15) is 9.59 Å². The number of methoxy groups -OCH3 is 1. The predicted octanol–water partition coefficient (Wildman–Crippen LogP) is 7.09. The largest absolute Gasteiger partial charge is 0.464 e. The molecule has 2 saturated carbocycles. The van der Waals surface area contributed by atoms with Crippen molar-refractivity contribution < 1.29 is 46.5 Å². The monoisotopic (exact) mass is 1080 g/mol. The summed E-state index contributed by atoms with van der Waals surface area (Å²) in [5.41, 5.74) is 7.30. The Kier molecular flexibility index (Phi) is 14.8. The molecule has 7 aliphatic rings. The van der Waals surface area contributed by atoms with Gasteiger partial charge in [-0.2, -0.15) is 13.2 Å². The van der Waals surface area contributed by atoms with Gasteiger partial charge in [0.05, 0.1) is 68.3 Å². The molecular weight excluding hydrogens is 1010 g/mol. The summed E-state index contributed by atoms with van der Waals surface area (Å²) in [5, 5.41) is 7.84. The summed E-state index contributed by atoms with van der Waals surface area (Å²) in [6.45, 7) is 12.7. The maximum Gasteiger partial charge on any atom is 0.406 e. The number of fused-ring (bicyclic) bond motifs is 4. The van der Waals surface area contributed by atoms with Crippen LogP contribution in [-0.2, 0) is 46.3 Å². The van der Waals surface area contributed by atoms with Crippen LogP contribution in [0.15, 0.2) is 60.4 Å². The van der Waals surface area contributed by atoms with E-state index in [2.05, 4.69) is 37.4 Å². The minimum atomic E-state index is -4.64. The van der Waals surface area contributed by atoms with Crippen molar-refractivity contribution in [1.29, 1.82) is 0 Å². The van der Waals surface area contributed by atoms with Crippen LogP contribution in [0.3, 0.4) is 0 Å². The first-order chi connectivity index (χ1) is 37.0. The number of pyridine rings is 2. The Morgan fingerprint density at radius 1 is 1.03 bits per heavy atom. The van der Waals surface area contributed by atoms with E-state index in [1.54, 1.807) is 35.7 Å². The molecule has 4 aromatic heterocycles. The van der Waals surface area contributed by atoms with Crippen LogP contribution in [0.4, 0.5) is 13.2 Å². The number of alkyl halides is 3. The quantitative estimate of drug-likeness (QED) is 0.114. The first-order valence-corrected chi connectivity index (χ1v) is 27.7. The van der Waals surface area contributed by atoms with Crippen molar-refractivity contribution >= 4 is 40.0 Å². The smallest absolute Gasteiger partial charge is 0.406 e. The van der Waals surface area contributed by atoms with E-state index < -0.39 is 54.3 Å². The highest BCUT2D eigenvalue weighted by molar-refractivity contribution is 7.10. The second-order valence-corrected chi connectivity index (χ2v) is 23.3. The third-order valence-corrected chi connectivity index (χ3v) is 17.5. The molecule has 6 fully saturated rings. The van der Waals surface area contributed by atoms with Crippen LogP contribution in [0.5, 0.6) is 0 Å². The van der Waals surface area contributed by atoms with Crippen LogP contribution in [0, 0.1) is 35.0 Å². The number of cyclic esters (lactones) is 1. The Hall–Kier alpha value is -5.79. The van der Waals surface area contributed by atoms with Crippen molar-refractivity contribution in [2.75, 3.05) is 66.3 Å². The van der Waals surface area contributed by atoms with Gasteiger partial charge in [-0.15, -0.1) is 11.3 Å². The fourth-order valence-corrected chi connectivity index (χ4v) is 13.2. The normalized spacial score (nSPS) is 27.6. The SMILES string of the molecule is CO[C@@H](C)c1ncc(C#C[C@@H](C)N2CCOCC2)cc1-c1c2c3cc(ccc3n1CC(F)(F)F)-c1csc(n1)[C@@H](N1CCOCC1)[C@H](NC(=O)[C@@H]1[C@@H](C)[C@H]1c1ccncc1)C(=O)N1N[C@H](C(=O)OCC(C)(C)C2)C2CC1C2. The van der Waals surface area contributed by atoms with Crippen LogP contribution >= 0.6 is 11.3 Å². The highest BCUT2D eigenvalue weighted by atomic mass is 32.1. The number of carbonyl (C=O) groups is 3. The molecule has 0 spiro atoms. The zero-order valence-electron chi connectivity index (χ0n) is 44.3. The van der Waals surface area contributed by atoms with E-state index in [1.165, 1.54) is 23.0 Å². The van der Waals surface area contributed by atoms with Crippen LogP contribution in [-0.4, -0.2) is 149 Å². The first kappa shape index (κ1) is 53.2. The Morgan fingerprint density at radius 3 is 2.47 bits per heavy atom. The van der Waals surface area contributed by atoms with Crippen molar-refractivity contribution in [2.24, 2.45) is 23.2 Å². The lowest BCUT2D eigenvalue weighted by Crippen LogP contribution is -2.72. The third-order valence-electron chi connectivity index (χ3n) is 16.6. The first-order valence-electron chi connectivity index (χ1n) is 26.8. The molecule has 77 heavy (non-hydrogen) atoms. The zero-order chi connectivity index (χ0) is 53.9. The maximum absolute atomic E-state index is 15.5. The van der Waals surface area contributed by atoms with Gasteiger partial charge in [0.2, 0.25) is 5.91 Å². The number of hydrogen-bond acceptors (Lipinski definition) is 14. The summed E-state index contributed by atoms with van der Waals surface area (Å²) in [6, 6.07) is 7.94. The van der Waals surface area contributed by atoms with E-state index in [-0.39, 0.29) is 54.7 Å². The summed E-state index contributed by atoms with van der Waals surface area (Å²) in [4.78, 5) is 63.4. The summed E-state index contributed by atoms with van der Waals surface area (Å²) >= 11 is 1.36. The van der Waals surface area contributed by atoms with Gasteiger partial charge in [-0.25, -0.2) is 10.4 Å². The molecule has 16 nitrogen and oxygen atoms in total. The molecule has 2 N–H and O–H groups in total. The van der Waals surface area contributed by atoms with E-state index >= 15 is 18.0 Å². The fraction of sp³-hybridized carbons (Fsp3) is 0.544. The molecule has 408 valence electrons. The molecule has 5 aliphatic heterocycles. The second kappa shape index (κ2) is 21.5. The number of halogens is 3. The van der Waals surface area contributed by atoms with Gasteiger partial charge in [0.25, 0.3) is 5.91 Å². The number of morpholine rings is 2. The highest BCUT2D eigenvalue weighted by Crippen LogP contribution is 2.54. The molecule has 8 atom stereocenters. The molecule has 12 rings (SSSR count). The Bertz CT molecular complexity index is 3080. The number of benzene rings is 1. The number of aromatic nitrogens is 4. The van der Waals surface area contributed by atoms with Gasteiger partial charge in [0, 0.05) is 102 Å². The van der Waals surface area contributed by atoms with E-state index in [0.717, 1.165) is 18.7 Å². The lowest BCUT2D eigenvalue weighted by Gasteiger charge is -2.53. The van der Waals surface area contributed by atoms with Crippen LogP contribution in [0.25, 0.3) is 33.4 Å². The van der Waals surface area contributed by atoms with Gasteiger partial charge < -0.3 is 28.8 Å². The van der Waals surface area contributed by atoms with Crippen LogP contribution < -0.4 is 10.7 Å². The zero-order valence-corrected chi connectivity index (χ0v) is 45.1. The lowest BCUT2D eigenvalue weighted by atomic mass is 9.73. The van der Waals surface area contributed by atoms with Crippen LogP contribution in [0.2, 0.25) is 0 Å². The summed E-state index contributed by atoms with van der Waals surface area (Å²) < 4.78 is 70.4. The average Bonchev–Trinajstić information content (AvgIpc) is 3.85. The number of ether oxygens (including phenoxy) is 4. The number of hydrogen-bond donors (Lipinski definition) is 2. The number of rotatable bonds is 9. The van der Waals surface area contributed by atoms with Gasteiger partial charge in [0.15, 0.2) is 0 Å². The van der Waals surface area contributed by atoms with Crippen molar-refractivity contribution in [3.8, 4) is 34.4 Å². The van der Waals surface area contributed by atoms with Gasteiger partial charge in [-0.05, 0) is 92.3 Å². The van der Waals surface area contributed by atoms with E-state index in [4.69, 9.17) is 28.9 Å². The van der Waals surface area contributed by atoms with Crippen molar-refractivity contribution in [2.45, 2.75) is 109 Å². The topological polar surface area (TPSA) is 166 Å². The van der Waals surface area contributed by atoms with Gasteiger partial charge in [-0.1, -0.05) is 38.7 Å². The summed E-state index contributed by atoms with van der Waals surface area (Å²) in [6.07, 6.45) is 1.12. The predicted molar refractivity (Wildman–Crippen MR) is 282 cm³/mol. The Balaban J connectivity index is 1.07. The minimum Gasteiger partial charge on any atom is -0.464 e. The highest BCUT2D eigenvalue weighted by Gasteiger charge is 2.56. The van der Waals surface area contributed by atoms with Crippen LogP contribution in [0.1, 0.15) is 92.9 Å². The Morgan fingerprint density at radius 2 is 1.75 bits per heavy atom. The minimum absolute atomic E-state index is 0.00785. The molecule has 4 saturated heterocycles. The summed E-state index contributed by atoms with van der Waals surface area (Å²) in [5.74, 6) is 4.90. The number of nitrogens with zero attached hydrogens (tertiary/aromatic N) is 7. The number of hydrazine groups is 1. The van der Waals surface area contributed by atoms with Crippen molar-refractivity contribution in [1.82, 2.24) is 45.1 Å². The van der Waals surface area contributed by atoms with Crippen molar-refractivity contribution in [3.05, 3.63) is 87.8 Å². The number of nitrogens with one attached hydrogen (secondary N) is 2. The van der Waals surface area contributed by atoms with Crippen molar-refractivity contribution in [3.63, 3.8) is 0 Å². The molecular formula is C57H66F3N9O7S. The molecule has 2 aliphatic carbocycles. The second-order valence-electron chi connectivity index (χ2n) is 22.4. The molecule has 20 heteroatoms. The third kappa shape index (κ3) is 10.8. The maximum atomic E-state index is 15.5. The van der Waals surface area contributed by atoms with E-state index in [1.807, 2.05) is 64.3 Å². The number of amides is 2. The number of carbonyl (C=O) groups excluding carboxylic acids is 3. The summed E-state index contributed by atoms with van der Waals surface area (Å²) in [7, 11) is 1.54. The van der Waals surface area contributed by atoms with E-state index in [0.29, 0.717) is 108 Å². The van der Waals surface area contributed by atoms with Gasteiger partial charge in [-0.3, -0.25) is 39.2 Å². The Labute approximate surface area is 450 Å². The van der Waals surface area contributed by atoms with Gasteiger partial charge >= 0.3 is 12.1 Å². The molecule has 8 bridgehead atoms. The molecule has 5 aromatic rings. The molecule has 0 radical (unpaired) electrons. The molecule has 1 aromatic carbocycles. The van der Waals surface area contributed by atoms with Gasteiger partial charge in [0.1, 0.15) is 23.6 Å². The number of thiazole rings is 1. The number of esters is 1. The molecule has 2 amide bonds.